The highest BCUT2D eigenvalue weighted by molar-refractivity contribution is 6.37. The van der Waals surface area contributed by atoms with Gasteiger partial charge in [0.25, 0.3) is 0 Å². The molecule has 0 aliphatic carbocycles. The van der Waals surface area contributed by atoms with E-state index >= 15 is 0 Å². The molecule has 0 saturated heterocycles. The molecule has 1 aromatic heterocycles. The van der Waals surface area contributed by atoms with Gasteiger partial charge in [-0.3, -0.25) is 0 Å². The molecule has 19 heavy (non-hydrogen) atoms. The van der Waals surface area contributed by atoms with Gasteiger partial charge < -0.3 is 9.84 Å². The summed E-state index contributed by atoms with van der Waals surface area (Å²) in [5.74, 6) is -0.277. The van der Waals surface area contributed by atoms with Crippen LogP contribution in [0.2, 0.25) is 10.0 Å². The zero-order chi connectivity index (χ0) is 14.2. The number of hydrogen-bond donors (Lipinski definition) is 1. The molecular weight excluding hydrogens is 301 g/mol. The topological polar surface area (TPSA) is 47.3 Å². The molecule has 0 unspecified atom stereocenters. The number of aromatic nitrogens is 2. The summed E-state index contributed by atoms with van der Waals surface area (Å²) in [5.41, 5.74) is 0.606. The summed E-state index contributed by atoms with van der Waals surface area (Å²) in [7, 11) is 1.42. The van der Waals surface area contributed by atoms with Crippen LogP contribution in [0.4, 0.5) is 8.78 Å². The molecule has 2 rings (SSSR count). The second kappa shape index (κ2) is 5.22. The molecule has 0 radical (unpaired) electrons. The van der Waals surface area contributed by atoms with Crippen molar-refractivity contribution in [1.82, 2.24) is 9.78 Å². The van der Waals surface area contributed by atoms with Gasteiger partial charge in [0, 0.05) is 12.6 Å². The van der Waals surface area contributed by atoms with Crippen molar-refractivity contribution in [3.63, 3.8) is 0 Å². The van der Waals surface area contributed by atoms with E-state index in [0.717, 1.165) is 4.68 Å². The van der Waals surface area contributed by atoms with Gasteiger partial charge in [-0.2, -0.15) is 13.9 Å². The molecule has 0 atom stereocenters. The molecule has 8 heteroatoms. The van der Waals surface area contributed by atoms with Crippen LogP contribution < -0.4 is 4.74 Å². The number of rotatable bonds is 3. The van der Waals surface area contributed by atoms with Crippen molar-refractivity contribution in [1.29, 1.82) is 0 Å². The number of alkyl halides is 2. The maximum absolute atomic E-state index is 12.2. The standard InChI is InChI=1S/C11H8Cl2F2N2O2/c1-17-10(19-11(14)15)8(13)9(16-17)6-3-2-5(18)4-7(6)12/h2-4,11,18H,1H3. The zero-order valence-corrected chi connectivity index (χ0v) is 11.1. The van der Waals surface area contributed by atoms with Crippen LogP contribution in [0.15, 0.2) is 18.2 Å². The van der Waals surface area contributed by atoms with Crippen LogP contribution in [-0.2, 0) is 7.05 Å². The van der Waals surface area contributed by atoms with Gasteiger partial charge in [-0.25, -0.2) is 4.68 Å². The maximum atomic E-state index is 12.2. The van der Waals surface area contributed by atoms with Gasteiger partial charge in [0.15, 0.2) is 0 Å². The molecule has 102 valence electrons. The minimum atomic E-state index is -3.00. The minimum Gasteiger partial charge on any atom is -0.508 e. The summed E-state index contributed by atoms with van der Waals surface area (Å²) in [6.07, 6.45) is 0. The summed E-state index contributed by atoms with van der Waals surface area (Å²) < 4.78 is 29.9. The number of nitrogens with zero attached hydrogens (tertiary/aromatic N) is 2. The van der Waals surface area contributed by atoms with E-state index in [4.69, 9.17) is 23.2 Å². The second-order valence-corrected chi connectivity index (χ2v) is 4.42. The van der Waals surface area contributed by atoms with Crippen LogP contribution in [0.3, 0.4) is 0 Å². The van der Waals surface area contributed by atoms with Crippen molar-refractivity contribution in [3.8, 4) is 22.9 Å². The number of hydrogen-bond acceptors (Lipinski definition) is 3. The van der Waals surface area contributed by atoms with Gasteiger partial charge in [-0.05, 0) is 18.2 Å². The Hall–Kier alpha value is -1.53. The summed E-state index contributed by atoms with van der Waals surface area (Å²) in [6, 6.07) is 4.17. The Morgan fingerprint density at radius 1 is 1.37 bits per heavy atom. The molecule has 4 nitrogen and oxygen atoms in total. The van der Waals surface area contributed by atoms with Crippen LogP contribution in [-0.4, -0.2) is 21.5 Å². The molecule has 0 spiro atoms. The van der Waals surface area contributed by atoms with Crippen molar-refractivity contribution in [3.05, 3.63) is 28.2 Å². The van der Waals surface area contributed by atoms with E-state index in [1.165, 1.54) is 25.2 Å². The molecule has 0 aliphatic rings. The Bertz CT molecular complexity index is 617. The maximum Gasteiger partial charge on any atom is 0.388 e. The second-order valence-electron chi connectivity index (χ2n) is 3.63. The first-order valence-corrected chi connectivity index (χ1v) is 5.82. The van der Waals surface area contributed by atoms with E-state index in [-0.39, 0.29) is 27.4 Å². The summed E-state index contributed by atoms with van der Waals surface area (Å²) >= 11 is 11.9. The van der Waals surface area contributed by atoms with Gasteiger partial charge in [0.1, 0.15) is 16.5 Å². The van der Waals surface area contributed by atoms with Crippen molar-refractivity contribution in [2.45, 2.75) is 6.61 Å². The molecule has 2 aromatic rings. The van der Waals surface area contributed by atoms with Gasteiger partial charge in [0.2, 0.25) is 5.88 Å². The van der Waals surface area contributed by atoms with Gasteiger partial charge in [-0.15, -0.1) is 0 Å². The lowest BCUT2D eigenvalue weighted by atomic mass is 10.1. The smallest absolute Gasteiger partial charge is 0.388 e. The first-order chi connectivity index (χ1) is 8.90. The van der Waals surface area contributed by atoms with Crippen LogP contribution in [0.5, 0.6) is 11.6 Å². The lowest BCUT2D eigenvalue weighted by Gasteiger charge is -2.04. The van der Waals surface area contributed by atoms with Crippen molar-refractivity contribution in [2.24, 2.45) is 7.05 Å². The lowest BCUT2D eigenvalue weighted by molar-refractivity contribution is -0.0552. The first-order valence-electron chi connectivity index (χ1n) is 5.06. The van der Waals surface area contributed by atoms with E-state index in [2.05, 4.69) is 9.84 Å². The van der Waals surface area contributed by atoms with Gasteiger partial charge in [0.05, 0.1) is 5.02 Å². The molecule has 1 N–H and O–H groups in total. The number of phenolic OH excluding ortho intramolecular Hbond substituents is 1. The monoisotopic (exact) mass is 308 g/mol. The van der Waals surface area contributed by atoms with Crippen molar-refractivity contribution < 1.29 is 18.6 Å². The third-order valence-corrected chi connectivity index (χ3v) is 3.00. The van der Waals surface area contributed by atoms with E-state index < -0.39 is 6.61 Å². The average Bonchev–Trinajstić information content (AvgIpc) is 2.57. The minimum absolute atomic E-state index is 0.0233. The molecule has 1 aromatic carbocycles. The lowest BCUT2D eigenvalue weighted by Crippen LogP contribution is -2.06. The Kier molecular flexibility index (Phi) is 3.82. The fourth-order valence-electron chi connectivity index (χ4n) is 1.56. The molecule has 0 aliphatic heterocycles. The average molecular weight is 309 g/mol. The predicted molar refractivity (Wildman–Crippen MR) is 67.0 cm³/mol. The number of aryl methyl sites for hydroxylation is 1. The largest absolute Gasteiger partial charge is 0.508 e. The molecule has 0 amide bonds. The molecular formula is C11H8Cl2F2N2O2. The fourth-order valence-corrected chi connectivity index (χ4v) is 2.13. The highest BCUT2D eigenvalue weighted by Gasteiger charge is 2.21. The van der Waals surface area contributed by atoms with Gasteiger partial charge >= 0.3 is 6.61 Å². The molecule has 0 bridgehead atoms. The number of benzene rings is 1. The van der Waals surface area contributed by atoms with E-state index in [0.29, 0.717) is 5.56 Å². The first kappa shape index (κ1) is 13.9. The van der Waals surface area contributed by atoms with Gasteiger partial charge in [-0.1, -0.05) is 23.2 Å². The normalized spacial score (nSPS) is 11.1. The quantitative estimate of drug-likeness (QED) is 0.940. The predicted octanol–water partition coefficient (Wildman–Crippen LogP) is 3.70. The molecule has 1 heterocycles. The molecule has 0 saturated carbocycles. The SMILES string of the molecule is Cn1nc(-c2ccc(O)cc2Cl)c(Cl)c1OC(F)F. The van der Waals surface area contributed by atoms with E-state index in [9.17, 15) is 13.9 Å². The van der Waals surface area contributed by atoms with Crippen molar-refractivity contribution >= 4 is 23.2 Å². The van der Waals surface area contributed by atoms with Crippen molar-refractivity contribution in [2.75, 3.05) is 0 Å². The fraction of sp³-hybridized carbons (Fsp3) is 0.182. The summed E-state index contributed by atoms with van der Waals surface area (Å²) in [4.78, 5) is 0. The van der Waals surface area contributed by atoms with Crippen LogP contribution >= 0.6 is 23.2 Å². The number of aromatic hydroxyl groups is 1. The highest BCUT2D eigenvalue weighted by Crippen LogP contribution is 2.39. The Morgan fingerprint density at radius 2 is 2.05 bits per heavy atom. The van der Waals surface area contributed by atoms with E-state index in [1.54, 1.807) is 0 Å². The van der Waals surface area contributed by atoms with Crippen LogP contribution in [0.25, 0.3) is 11.3 Å². The third kappa shape index (κ3) is 2.74. The number of phenols is 1. The molecule has 0 fully saturated rings. The summed E-state index contributed by atoms with van der Waals surface area (Å²) in [5, 5.41) is 13.4. The number of ether oxygens (including phenoxy) is 1. The van der Waals surface area contributed by atoms with E-state index in [1.807, 2.05) is 0 Å². The Morgan fingerprint density at radius 3 is 2.63 bits per heavy atom. The Balaban J connectivity index is 2.51. The van der Waals surface area contributed by atoms with Crippen LogP contribution in [0.1, 0.15) is 0 Å². The summed E-state index contributed by atoms with van der Waals surface area (Å²) in [6.45, 7) is -3.00. The third-order valence-electron chi connectivity index (χ3n) is 2.35. The highest BCUT2D eigenvalue weighted by atomic mass is 35.5. The van der Waals surface area contributed by atoms with Crippen LogP contribution in [0, 0.1) is 0 Å². The zero-order valence-electron chi connectivity index (χ0n) is 9.57. The number of halogens is 4. The Labute approximate surface area is 117 Å².